The Labute approximate surface area is 389 Å². The maximum absolute atomic E-state index is 12.7. The van der Waals surface area contributed by atoms with Crippen molar-refractivity contribution in [2.24, 2.45) is 11.1 Å². The number of aliphatic hydroxyl groups excluding tert-OH is 1. The number of rotatable bonds is 21. The van der Waals surface area contributed by atoms with Crippen LogP contribution < -0.4 is 0 Å². The van der Waals surface area contributed by atoms with Gasteiger partial charge in [0.15, 0.2) is 24.7 Å². The molecule has 12 unspecified atom stereocenters. The number of allylic oxidation sites excluding steroid dienone is 1. The van der Waals surface area contributed by atoms with E-state index in [9.17, 15) is 10.0 Å². The van der Waals surface area contributed by atoms with Gasteiger partial charge in [-0.25, -0.2) is 0 Å². The van der Waals surface area contributed by atoms with Gasteiger partial charge in [0.25, 0.3) is 0 Å². The van der Waals surface area contributed by atoms with Gasteiger partial charge in [-0.2, -0.15) is 4.91 Å². The van der Waals surface area contributed by atoms with Crippen LogP contribution in [0.15, 0.2) is 139 Å². The fourth-order valence-electron chi connectivity index (χ4n) is 9.68. The third-order valence-corrected chi connectivity index (χ3v) is 13.3. The van der Waals surface area contributed by atoms with E-state index in [4.69, 9.17) is 42.6 Å². The van der Waals surface area contributed by atoms with Gasteiger partial charge in [-0.15, -0.1) is 0 Å². The van der Waals surface area contributed by atoms with E-state index >= 15 is 0 Å². The van der Waals surface area contributed by atoms with Crippen LogP contribution in [0.1, 0.15) is 87.0 Å². The molecule has 4 aromatic rings. The smallest absolute Gasteiger partial charge is 0.188 e. The van der Waals surface area contributed by atoms with Gasteiger partial charge in [-0.1, -0.05) is 165 Å². The summed E-state index contributed by atoms with van der Waals surface area (Å²) in [4.78, 5) is 12.7. The van der Waals surface area contributed by atoms with E-state index in [1.807, 2.05) is 128 Å². The second kappa shape index (κ2) is 24.6. The summed E-state index contributed by atoms with van der Waals surface area (Å²) >= 11 is 0. The van der Waals surface area contributed by atoms with Crippen molar-refractivity contribution in [2.45, 2.75) is 165 Å². The summed E-state index contributed by atoms with van der Waals surface area (Å²) in [5, 5.41) is 15.5. The van der Waals surface area contributed by atoms with E-state index in [1.54, 1.807) is 0 Å². The highest BCUT2D eigenvalue weighted by Gasteiger charge is 2.52. The Balaban J connectivity index is 1.03. The normalized spacial score (nSPS) is 30.6. The predicted molar refractivity (Wildman–Crippen MR) is 249 cm³/mol. The maximum Gasteiger partial charge on any atom is 0.188 e. The molecule has 2 aliphatic heterocycles. The zero-order valence-corrected chi connectivity index (χ0v) is 38.1. The highest BCUT2D eigenvalue weighted by molar-refractivity contribution is 5.16. The second-order valence-corrected chi connectivity index (χ2v) is 18.1. The van der Waals surface area contributed by atoms with Gasteiger partial charge in [0, 0.05) is 5.92 Å². The Morgan fingerprint density at radius 2 is 1.06 bits per heavy atom. The van der Waals surface area contributed by atoms with Crippen LogP contribution in [0.5, 0.6) is 0 Å². The zero-order chi connectivity index (χ0) is 45.5. The Bertz CT molecular complexity index is 2020. The molecule has 0 radical (unpaired) electrons. The van der Waals surface area contributed by atoms with Gasteiger partial charge < -0.3 is 47.7 Å². The van der Waals surface area contributed by atoms with Crippen molar-refractivity contribution in [2.75, 3.05) is 6.61 Å². The first-order valence-corrected chi connectivity index (χ1v) is 24.0. The number of nitrogens with zero attached hydrogens (tertiary/aromatic N) is 1. The van der Waals surface area contributed by atoms with Crippen LogP contribution >= 0.6 is 0 Å². The quantitative estimate of drug-likeness (QED) is 0.0633. The van der Waals surface area contributed by atoms with Gasteiger partial charge in [-0.3, -0.25) is 0 Å². The van der Waals surface area contributed by atoms with E-state index in [2.05, 4.69) is 11.8 Å². The molecule has 0 aromatic heterocycles. The highest BCUT2D eigenvalue weighted by atomic mass is 16.7. The maximum atomic E-state index is 12.7. The third-order valence-electron chi connectivity index (χ3n) is 13.3. The van der Waals surface area contributed by atoms with E-state index < -0.39 is 73.6 Å². The Kier molecular flexibility index (Phi) is 17.9. The molecule has 8 rings (SSSR count). The molecular formula is C54H67NO11. The fraction of sp³-hybridized carbons (Fsp3) is 0.519. The van der Waals surface area contributed by atoms with Crippen molar-refractivity contribution in [1.82, 2.24) is 0 Å². The number of benzene rings is 4. The molecule has 354 valence electrons. The third kappa shape index (κ3) is 13.0. The first-order chi connectivity index (χ1) is 32.4. The average molecular weight is 906 g/mol. The number of hydrogen-bond donors (Lipinski definition) is 1. The molecule has 0 bridgehead atoms. The first-order valence-electron chi connectivity index (χ1n) is 24.0. The number of nitroso groups, excluding NO2 is 1. The summed E-state index contributed by atoms with van der Waals surface area (Å²) < 4.78 is 60.1. The predicted octanol–water partition coefficient (Wildman–Crippen LogP) is 9.75. The molecule has 4 aromatic carbocycles. The minimum Gasteiger partial charge on any atom is -0.490 e. The van der Waals surface area contributed by atoms with Crippen molar-refractivity contribution in [1.29, 1.82) is 0 Å². The van der Waals surface area contributed by atoms with Crippen LogP contribution in [0.3, 0.4) is 0 Å². The Morgan fingerprint density at radius 1 is 0.591 bits per heavy atom. The lowest BCUT2D eigenvalue weighted by Crippen LogP contribution is -2.62. The lowest BCUT2D eigenvalue weighted by atomic mass is 9.88. The summed E-state index contributed by atoms with van der Waals surface area (Å²) in [5.41, 5.74) is 4.02. The summed E-state index contributed by atoms with van der Waals surface area (Å²) in [6.07, 6.45) is -0.279. The Morgan fingerprint density at radius 3 is 1.59 bits per heavy atom. The Hall–Kier alpha value is -4.34. The number of hydrogen-bond acceptors (Lipinski definition) is 12. The summed E-state index contributed by atoms with van der Waals surface area (Å²) in [6.45, 7) is 7.59. The van der Waals surface area contributed by atoms with Crippen molar-refractivity contribution in [3.05, 3.63) is 161 Å². The molecule has 2 saturated heterocycles. The van der Waals surface area contributed by atoms with Crippen molar-refractivity contribution >= 4 is 0 Å². The van der Waals surface area contributed by atoms with E-state index in [0.717, 1.165) is 67.2 Å². The van der Waals surface area contributed by atoms with Crippen LogP contribution in [0, 0.1) is 10.8 Å². The van der Waals surface area contributed by atoms with Crippen molar-refractivity contribution < 1.29 is 47.7 Å². The van der Waals surface area contributed by atoms with Crippen LogP contribution in [0.2, 0.25) is 0 Å². The standard InChI is InChI=1S/C54H67NO11/c1-37(43-28-16-7-17-29-43)62-50-47(55-57)46(36-58-32-39-20-8-3-9-21-39)66-53(48(50)56)64-44-30-18-19-31-45(44)65-54-52(61-35-42-26-14-6-15-27-42)51(60-34-41-24-12-5-13-25-41)49(38(2)63-54)59-33-40-22-10-4-11-23-40/h3-6,8-15,20-27,38,43-54,56H,1,7,16-19,28-36H2,2H3. The zero-order valence-electron chi connectivity index (χ0n) is 38.1. The number of ether oxygens (including phenoxy) is 9. The topological polar surface area (TPSA) is 133 Å². The summed E-state index contributed by atoms with van der Waals surface area (Å²) in [5.74, 6) is 0.680. The molecule has 4 aliphatic rings. The lowest BCUT2D eigenvalue weighted by molar-refractivity contribution is -0.347. The molecule has 12 heteroatoms. The molecule has 2 saturated carbocycles. The van der Waals surface area contributed by atoms with Crippen LogP contribution in [0.25, 0.3) is 0 Å². The van der Waals surface area contributed by atoms with E-state index in [1.165, 1.54) is 0 Å². The van der Waals surface area contributed by atoms with Crippen molar-refractivity contribution in [3.63, 3.8) is 0 Å². The molecule has 1 N–H and O–H groups in total. The molecule has 2 heterocycles. The molecule has 2 aliphatic carbocycles. The van der Waals surface area contributed by atoms with Crippen LogP contribution in [0.4, 0.5) is 0 Å². The molecular weight excluding hydrogens is 839 g/mol. The minimum absolute atomic E-state index is 0.0321. The monoisotopic (exact) mass is 905 g/mol. The molecule has 12 nitrogen and oxygen atoms in total. The van der Waals surface area contributed by atoms with Gasteiger partial charge in [0.05, 0.1) is 57.1 Å². The molecule has 4 fully saturated rings. The van der Waals surface area contributed by atoms with Gasteiger partial charge in [-0.05, 0) is 54.9 Å². The first kappa shape index (κ1) is 48.1. The van der Waals surface area contributed by atoms with Crippen LogP contribution in [-0.4, -0.2) is 85.3 Å². The molecule has 66 heavy (non-hydrogen) atoms. The molecule has 0 amide bonds. The van der Waals surface area contributed by atoms with E-state index in [0.29, 0.717) is 45.0 Å². The van der Waals surface area contributed by atoms with E-state index in [-0.39, 0.29) is 12.5 Å². The minimum atomic E-state index is -1.35. The molecule has 12 atom stereocenters. The van der Waals surface area contributed by atoms with Gasteiger partial charge in [0.2, 0.25) is 0 Å². The fourth-order valence-corrected chi connectivity index (χ4v) is 9.68. The van der Waals surface area contributed by atoms with Crippen molar-refractivity contribution in [3.8, 4) is 0 Å². The second-order valence-electron chi connectivity index (χ2n) is 18.1. The highest BCUT2D eigenvalue weighted by Crippen LogP contribution is 2.38. The van der Waals surface area contributed by atoms with Gasteiger partial charge >= 0.3 is 0 Å². The SMILES string of the molecule is C=C(OC1C(O)C(OC2CCCCC2OC2OC(C)C(OCc3ccccc3)C(OCc3ccccc3)C2OCc2ccccc2)OC(COCc2ccccc2)C1N=O)C1CCCCC1. The summed E-state index contributed by atoms with van der Waals surface area (Å²) in [6, 6.07) is 38.8. The lowest BCUT2D eigenvalue weighted by Gasteiger charge is -2.47. The largest absolute Gasteiger partial charge is 0.490 e. The summed E-state index contributed by atoms with van der Waals surface area (Å²) in [7, 11) is 0. The molecule has 0 spiro atoms. The van der Waals surface area contributed by atoms with Crippen LogP contribution in [-0.2, 0) is 69.1 Å². The number of aliphatic hydroxyl groups is 1. The van der Waals surface area contributed by atoms with Gasteiger partial charge in [0.1, 0.15) is 30.5 Å². The average Bonchev–Trinajstić information content (AvgIpc) is 3.36.